The van der Waals surface area contributed by atoms with Gasteiger partial charge in [0.05, 0.1) is 6.61 Å². The summed E-state index contributed by atoms with van der Waals surface area (Å²) in [6.45, 7) is 7.27. The Bertz CT molecular complexity index is 343. The summed E-state index contributed by atoms with van der Waals surface area (Å²) in [6, 6.07) is 1.99. The first-order valence-corrected chi connectivity index (χ1v) is 6.38. The molecule has 0 bridgehead atoms. The lowest BCUT2D eigenvalue weighted by Gasteiger charge is -2.13. The molecule has 0 spiro atoms. The summed E-state index contributed by atoms with van der Waals surface area (Å²) in [5.74, 6) is 1.79. The molecule has 1 aliphatic heterocycles. The van der Waals surface area contributed by atoms with E-state index in [9.17, 15) is 0 Å². The van der Waals surface area contributed by atoms with Gasteiger partial charge in [-0.3, -0.25) is 0 Å². The predicted molar refractivity (Wildman–Crippen MR) is 66.7 cm³/mol. The fourth-order valence-electron chi connectivity index (χ4n) is 2.23. The van der Waals surface area contributed by atoms with Gasteiger partial charge < -0.3 is 19.8 Å². The first-order valence-electron chi connectivity index (χ1n) is 6.38. The average molecular weight is 238 g/mol. The molecule has 0 aromatic carbocycles. The van der Waals surface area contributed by atoms with Crippen LogP contribution in [-0.2, 0) is 17.9 Å². The molecule has 4 heteroatoms. The van der Waals surface area contributed by atoms with Crippen LogP contribution in [0.4, 0.5) is 0 Å². The molecule has 0 radical (unpaired) electrons. The molecule has 1 aromatic heterocycles. The Hall–Kier alpha value is -0.840. The van der Waals surface area contributed by atoms with Crippen LogP contribution in [0.25, 0.3) is 0 Å². The van der Waals surface area contributed by atoms with E-state index in [4.69, 9.17) is 14.9 Å². The number of ether oxygens (including phenoxy) is 1. The predicted octanol–water partition coefficient (Wildman–Crippen LogP) is 1.66. The van der Waals surface area contributed by atoms with E-state index in [1.807, 2.05) is 13.0 Å². The second kappa shape index (κ2) is 6.19. The van der Waals surface area contributed by atoms with Crippen molar-refractivity contribution in [1.82, 2.24) is 4.90 Å². The van der Waals surface area contributed by atoms with Gasteiger partial charge in [-0.15, -0.1) is 0 Å². The minimum absolute atomic E-state index is 0.531. The normalized spacial score (nSPS) is 16.8. The van der Waals surface area contributed by atoms with E-state index in [1.54, 1.807) is 0 Å². The van der Waals surface area contributed by atoms with Gasteiger partial charge in [-0.05, 0) is 38.9 Å². The van der Waals surface area contributed by atoms with Crippen molar-refractivity contribution in [2.24, 2.45) is 5.73 Å². The van der Waals surface area contributed by atoms with Gasteiger partial charge in [0, 0.05) is 18.7 Å². The van der Waals surface area contributed by atoms with Crippen molar-refractivity contribution < 1.29 is 9.15 Å². The molecule has 17 heavy (non-hydrogen) atoms. The van der Waals surface area contributed by atoms with Crippen molar-refractivity contribution in [2.45, 2.75) is 32.9 Å². The van der Waals surface area contributed by atoms with E-state index in [0.717, 1.165) is 30.2 Å². The van der Waals surface area contributed by atoms with Crippen LogP contribution in [0.3, 0.4) is 0 Å². The highest BCUT2D eigenvalue weighted by Crippen LogP contribution is 2.14. The van der Waals surface area contributed by atoms with Crippen molar-refractivity contribution in [3.63, 3.8) is 0 Å². The van der Waals surface area contributed by atoms with Gasteiger partial charge in [0.15, 0.2) is 0 Å². The molecular weight excluding hydrogens is 216 g/mol. The van der Waals surface area contributed by atoms with Gasteiger partial charge in [0.2, 0.25) is 0 Å². The van der Waals surface area contributed by atoms with E-state index in [1.165, 1.54) is 25.9 Å². The largest absolute Gasteiger partial charge is 0.464 e. The summed E-state index contributed by atoms with van der Waals surface area (Å²) in [5.41, 5.74) is 6.67. The number of likely N-dealkylation sites (tertiary alicyclic amines) is 1. The average Bonchev–Trinajstić information content (AvgIpc) is 2.94. The Kier molecular flexibility index (Phi) is 4.59. The number of nitrogens with two attached hydrogens (primary N) is 1. The van der Waals surface area contributed by atoms with Gasteiger partial charge in [0.1, 0.15) is 18.1 Å². The maximum absolute atomic E-state index is 5.62. The topological polar surface area (TPSA) is 51.6 Å². The number of furan rings is 1. The molecular formula is C13H22N2O2. The van der Waals surface area contributed by atoms with Crippen LogP contribution < -0.4 is 5.73 Å². The van der Waals surface area contributed by atoms with Gasteiger partial charge in [0.25, 0.3) is 0 Å². The molecule has 96 valence electrons. The smallest absolute Gasteiger partial charge is 0.130 e. The van der Waals surface area contributed by atoms with Gasteiger partial charge >= 0.3 is 0 Å². The summed E-state index contributed by atoms with van der Waals surface area (Å²) in [4.78, 5) is 2.44. The molecule has 0 unspecified atom stereocenters. The minimum Gasteiger partial charge on any atom is -0.464 e. The van der Waals surface area contributed by atoms with Gasteiger partial charge in [-0.1, -0.05) is 0 Å². The number of hydrogen-bond donors (Lipinski definition) is 1. The van der Waals surface area contributed by atoms with Crippen LogP contribution in [0, 0.1) is 6.92 Å². The first-order chi connectivity index (χ1) is 8.29. The summed E-state index contributed by atoms with van der Waals surface area (Å²) >= 11 is 0. The second-order valence-electron chi connectivity index (χ2n) is 4.60. The van der Waals surface area contributed by atoms with E-state index < -0.39 is 0 Å². The highest BCUT2D eigenvalue weighted by atomic mass is 16.5. The van der Waals surface area contributed by atoms with Crippen molar-refractivity contribution >= 4 is 0 Å². The van der Waals surface area contributed by atoms with Crippen molar-refractivity contribution in [1.29, 1.82) is 0 Å². The van der Waals surface area contributed by atoms with E-state index in [2.05, 4.69) is 4.90 Å². The third kappa shape index (κ3) is 3.56. The standard InChI is InChI=1S/C13H22N2O2/c1-11-12(9-14)8-13(17-11)10-16-7-6-15-4-2-3-5-15/h8H,2-7,9-10,14H2,1H3. The lowest BCUT2D eigenvalue weighted by molar-refractivity contribution is 0.0870. The van der Waals surface area contributed by atoms with E-state index in [0.29, 0.717) is 13.2 Å². The molecule has 2 N–H and O–H groups in total. The molecule has 1 aliphatic rings. The Labute approximate surface area is 103 Å². The third-order valence-electron chi connectivity index (χ3n) is 3.29. The molecule has 1 fully saturated rings. The minimum atomic E-state index is 0.531. The lowest BCUT2D eigenvalue weighted by Crippen LogP contribution is -2.23. The molecule has 2 heterocycles. The van der Waals surface area contributed by atoms with Crippen LogP contribution in [0.2, 0.25) is 0 Å². The maximum Gasteiger partial charge on any atom is 0.130 e. The highest BCUT2D eigenvalue weighted by molar-refractivity contribution is 5.19. The van der Waals surface area contributed by atoms with Crippen LogP contribution >= 0.6 is 0 Å². The van der Waals surface area contributed by atoms with E-state index >= 15 is 0 Å². The van der Waals surface area contributed by atoms with Gasteiger partial charge in [-0.2, -0.15) is 0 Å². The maximum atomic E-state index is 5.62. The molecule has 0 aliphatic carbocycles. The number of nitrogens with zero attached hydrogens (tertiary/aromatic N) is 1. The quantitative estimate of drug-likeness (QED) is 0.766. The number of aryl methyl sites for hydroxylation is 1. The summed E-state index contributed by atoms with van der Waals surface area (Å²) in [7, 11) is 0. The monoisotopic (exact) mass is 238 g/mol. The lowest BCUT2D eigenvalue weighted by atomic mass is 10.2. The molecule has 4 nitrogen and oxygen atoms in total. The molecule has 1 aromatic rings. The third-order valence-corrected chi connectivity index (χ3v) is 3.29. The van der Waals surface area contributed by atoms with Crippen molar-refractivity contribution in [3.05, 3.63) is 23.2 Å². The zero-order chi connectivity index (χ0) is 12.1. The van der Waals surface area contributed by atoms with Crippen molar-refractivity contribution in [2.75, 3.05) is 26.2 Å². The Morgan fingerprint density at radius 2 is 2.18 bits per heavy atom. The molecule has 2 rings (SSSR count). The van der Waals surface area contributed by atoms with Crippen LogP contribution in [0.15, 0.2) is 10.5 Å². The van der Waals surface area contributed by atoms with Crippen LogP contribution in [-0.4, -0.2) is 31.1 Å². The zero-order valence-corrected chi connectivity index (χ0v) is 10.6. The first kappa shape index (κ1) is 12.6. The van der Waals surface area contributed by atoms with E-state index in [-0.39, 0.29) is 0 Å². The number of hydrogen-bond acceptors (Lipinski definition) is 4. The summed E-state index contributed by atoms with van der Waals surface area (Å²) < 4.78 is 11.2. The fourth-order valence-corrected chi connectivity index (χ4v) is 2.23. The van der Waals surface area contributed by atoms with Gasteiger partial charge in [-0.25, -0.2) is 0 Å². The SMILES string of the molecule is Cc1oc(COCCN2CCCC2)cc1CN. The Morgan fingerprint density at radius 1 is 1.41 bits per heavy atom. The van der Waals surface area contributed by atoms with Crippen LogP contribution in [0.1, 0.15) is 29.9 Å². The fraction of sp³-hybridized carbons (Fsp3) is 0.692. The molecule has 1 saturated heterocycles. The van der Waals surface area contributed by atoms with Crippen molar-refractivity contribution in [3.8, 4) is 0 Å². The second-order valence-corrected chi connectivity index (χ2v) is 4.60. The van der Waals surface area contributed by atoms with Crippen LogP contribution in [0.5, 0.6) is 0 Å². The summed E-state index contributed by atoms with van der Waals surface area (Å²) in [6.07, 6.45) is 2.66. The highest BCUT2D eigenvalue weighted by Gasteiger charge is 2.11. The molecule has 0 saturated carbocycles. The Balaban J connectivity index is 1.66. The molecule has 0 atom stereocenters. The summed E-state index contributed by atoms with van der Waals surface area (Å²) in [5, 5.41) is 0. The Morgan fingerprint density at radius 3 is 2.82 bits per heavy atom. The zero-order valence-electron chi connectivity index (χ0n) is 10.6. The number of rotatable bonds is 6. The molecule has 0 amide bonds.